The van der Waals surface area contributed by atoms with Crippen LogP contribution >= 0.6 is 0 Å². The normalized spacial score (nSPS) is 12.0. The van der Waals surface area contributed by atoms with Crippen LogP contribution in [0.1, 0.15) is 110 Å². The first-order valence-corrected chi connectivity index (χ1v) is 21.1. The van der Waals surface area contributed by atoms with E-state index in [9.17, 15) is 0 Å². The summed E-state index contributed by atoms with van der Waals surface area (Å²) in [7, 11) is 0. The summed E-state index contributed by atoms with van der Waals surface area (Å²) in [6, 6.07) is 0. The van der Waals surface area contributed by atoms with Gasteiger partial charge in [-0.3, -0.25) is 0 Å². The van der Waals surface area contributed by atoms with E-state index in [0.717, 1.165) is 0 Å². The molecular formula is C21H46Sn. The summed E-state index contributed by atoms with van der Waals surface area (Å²) in [4.78, 5) is 7.71. The molecule has 0 amide bonds. The average Bonchev–Trinajstić information content (AvgIpc) is 2.45. The fourth-order valence-corrected chi connectivity index (χ4v) is 6.94. The second kappa shape index (κ2) is 16.6. The van der Waals surface area contributed by atoms with Crippen LogP contribution in [0, 0.1) is 0 Å². The Morgan fingerprint density at radius 3 is 0.955 bits per heavy atom. The molecule has 0 fully saturated rings. The Kier molecular flexibility index (Phi) is 17.3. The van der Waals surface area contributed by atoms with Crippen LogP contribution in [0.4, 0.5) is 0 Å². The summed E-state index contributed by atoms with van der Waals surface area (Å²) in [5.74, 6) is 0. The van der Waals surface area contributed by atoms with Crippen molar-refractivity contribution in [3.8, 4) is 0 Å². The fraction of sp³-hybridized carbons (Fsp3) is 1.00. The topological polar surface area (TPSA) is 0 Å². The van der Waals surface area contributed by atoms with Gasteiger partial charge in [-0.05, 0) is 0 Å². The Morgan fingerprint density at radius 2 is 0.682 bits per heavy atom. The van der Waals surface area contributed by atoms with Crippen molar-refractivity contribution in [3.05, 3.63) is 0 Å². The van der Waals surface area contributed by atoms with Gasteiger partial charge in [-0.1, -0.05) is 39.0 Å². The van der Waals surface area contributed by atoms with Crippen LogP contribution in [0.3, 0.4) is 0 Å². The first-order valence-electron chi connectivity index (χ1n) is 10.6. The molecule has 0 rings (SSSR count). The van der Waals surface area contributed by atoms with Crippen LogP contribution in [0.5, 0.6) is 0 Å². The van der Waals surface area contributed by atoms with Gasteiger partial charge in [0.05, 0.1) is 0 Å². The van der Waals surface area contributed by atoms with Gasteiger partial charge in [-0.2, -0.15) is 0 Å². The molecule has 0 N–H and O–H groups in total. The number of hydrogen-bond acceptors (Lipinski definition) is 0. The van der Waals surface area contributed by atoms with E-state index >= 15 is 0 Å². The minimum absolute atomic E-state index is 1.37. The van der Waals surface area contributed by atoms with Crippen LogP contribution < -0.4 is 0 Å². The van der Waals surface area contributed by atoms with Gasteiger partial charge in [-0.25, -0.2) is 0 Å². The molecule has 0 aromatic rings. The Balaban J connectivity index is 3.00. The summed E-state index contributed by atoms with van der Waals surface area (Å²) in [6.07, 6.45) is 23.7. The van der Waals surface area contributed by atoms with E-state index in [1.165, 1.54) is 103 Å². The predicted octanol–water partition coefficient (Wildman–Crippen LogP) is 8.59. The van der Waals surface area contributed by atoms with E-state index < -0.39 is 18.4 Å². The molecule has 0 radical (unpaired) electrons. The number of unbranched alkanes of at least 4 members (excludes halogenated alkanes) is 15. The second-order valence-corrected chi connectivity index (χ2v) is 24.7. The van der Waals surface area contributed by atoms with Crippen LogP contribution in [-0.4, -0.2) is 18.4 Å². The molecule has 0 heterocycles. The molecule has 0 saturated heterocycles. The molecule has 0 atom stereocenters. The molecule has 0 unspecified atom stereocenters. The predicted molar refractivity (Wildman–Crippen MR) is 108 cm³/mol. The van der Waals surface area contributed by atoms with E-state index in [1.807, 2.05) is 0 Å². The monoisotopic (exact) mass is 418 g/mol. The SMILES string of the molecule is CCCCCCCCCCCCCCCCC[CH2][Sn]([CH3])([CH3])[CH3]. The minimum atomic E-state index is -1.43. The summed E-state index contributed by atoms with van der Waals surface area (Å²) < 4.78 is 1.60. The van der Waals surface area contributed by atoms with Crippen molar-refractivity contribution in [1.29, 1.82) is 0 Å². The van der Waals surface area contributed by atoms with Gasteiger partial charge in [0, 0.05) is 0 Å². The zero-order valence-corrected chi connectivity index (χ0v) is 19.4. The quantitative estimate of drug-likeness (QED) is 0.164. The van der Waals surface area contributed by atoms with Gasteiger partial charge in [0.25, 0.3) is 0 Å². The van der Waals surface area contributed by atoms with Gasteiger partial charge in [0.1, 0.15) is 0 Å². The van der Waals surface area contributed by atoms with Crippen LogP contribution in [0.2, 0.25) is 19.3 Å². The maximum atomic E-state index is 2.57. The zero-order valence-electron chi connectivity index (χ0n) is 16.5. The van der Waals surface area contributed by atoms with Crippen molar-refractivity contribution in [2.24, 2.45) is 0 Å². The zero-order chi connectivity index (χ0) is 16.5. The Labute approximate surface area is 147 Å². The molecule has 0 saturated carbocycles. The van der Waals surface area contributed by atoms with E-state index in [1.54, 1.807) is 4.44 Å². The Hall–Kier alpha value is 0.799. The van der Waals surface area contributed by atoms with Crippen molar-refractivity contribution in [2.45, 2.75) is 129 Å². The molecule has 22 heavy (non-hydrogen) atoms. The van der Waals surface area contributed by atoms with Gasteiger partial charge < -0.3 is 0 Å². The first kappa shape index (κ1) is 22.8. The maximum absolute atomic E-state index is 2.57. The summed E-state index contributed by atoms with van der Waals surface area (Å²) in [6.45, 7) is 2.30. The molecule has 0 spiro atoms. The molecule has 0 aromatic carbocycles. The summed E-state index contributed by atoms with van der Waals surface area (Å²) in [5.41, 5.74) is 0. The molecule has 0 aliphatic carbocycles. The standard InChI is InChI=1S/C18H37.3CH3.Sn/c1-3-5-7-9-11-13-15-17-18-16-14-12-10-8-6-4-2;;;;/h1,3-18H2,2H3;3*1H3;. The van der Waals surface area contributed by atoms with Crippen LogP contribution in [-0.2, 0) is 0 Å². The van der Waals surface area contributed by atoms with E-state index in [-0.39, 0.29) is 0 Å². The molecule has 0 aromatic heterocycles. The number of hydrogen-bond donors (Lipinski definition) is 0. The molecule has 0 aliphatic heterocycles. The van der Waals surface area contributed by atoms with Crippen molar-refractivity contribution < 1.29 is 0 Å². The second-order valence-electron chi connectivity index (χ2n) is 8.61. The van der Waals surface area contributed by atoms with Crippen molar-refractivity contribution in [1.82, 2.24) is 0 Å². The van der Waals surface area contributed by atoms with Crippen LogP contribution in [0.25, 0.3) is 0 Å². The molecule has 1 heteroatoms. The van der Waals surface area contributed by atoms with Crippen LogP contribution in [0.15, 0.2) is 0 Å². The molecule has 0 aliphatic rings. The average molecular weight is 417 g/mol. The summed E-state index contributed by atoms with van der Waals surface area (Å²) in [5, 5.41) is 0. The third-order valence-corrected chi connectivity index (χ3v) is 10.1. The third-order valence-electron chi connectivity index (χ3n) is 4.78. The van der Waals surface area contributed by atoms with Gasteiger partial charge in [-0.15, -0.1) is 0 Å². The van der Waals surface area contributed by atoms with E-state index in [0.29, 0.717) is 0 Å². The third kappa shape index (κ3) is 20.8. The molecular weight excluding hydrogens is 371 g/mol. The molecule has 134 valence electrons. The molecule has 0 nitrogen and oxygen atoms in total. The van der Waals surface area contributed by atoms with Gasteiger partial charge >= 0.3 is 108 Å². The Morgan fingerprint density at radius 1 is 0.409 bits per heavy atom. The van der Waals surface area contributed by atoms with Gasteiger partial charge in [0.15, 0.2) is 0 Å². The fourth-order valence-electron chi connectivity index (χ4n) is 3.20. The van der Waals surface area contributed by atoms with E-state index in [4.69, 9.17) is 0 Å². The van der Waals surface area contributed by atoms with Crippen molar-refractivity contribution >= 4 is 18.4 Å². The summed E-state index contributed by atoms with van der Waals surface area (Å²) >= 11 is -1.43. The Bertz CT molecular complexity index is 204. The van der Waals surface area contributed by atoms with Crippen molar-refractivity contribution in [2.75, 3.05) is 0 Å². The molecule has 0 bridgehead atoms. The van der Waals surface area contributed by atoms with Crippen molar-refractivity contribution in [3.63, 3.8) is 0 Å². The van der Waals surface area contributed by atoms with E-state index in [2.05, 4.69) is 21.7 Å². The van der Waals surface area contributed by atoms with Gasteiger partial charge in [0.2, 0.25) is 0 Å². The first-order chi connectivity index (χ1) is 10.6. The number of rotatable bonds is 17.